The van der Waals surface area contributed by atoms with Crippen molar-refractivity contribution in [1.29, 1.82) is 0 Å². The van der Waals surface area contributed by atoms with Crippen molar-refractivity contribution in [1.82, 2.24) is 5.32 Å². The number of amides is 1. The van der Waals surface area contributed by atoms with Crippen LogP contribution in [0.25, 0.3) is 6.08 Å². The zero-order valence-electron chi connectivity index (χ0n) is 20.1. The van der Waals surface area contributed by atoms with Crippen molar-refractivity contribution >= 4 is 46.0 Å². The largest absolute Gasteiger partial charge is 0.494 e. The van der Waals surface area contributed by atoms with Gasteiger partial charge in [-0.15, -0.1) is 0 Å². The molecule has 4 rings (SSSR count). The second kappa shape index (κ2) is 11.4. The highest BCUT2D eigenvalue weighted by Gasteiger charge is 2.25. The van der Waals surface area contributed by atoms with Crippen LogP contribution in [0.4, 0.5) is 17.1 Å². The van der Waals surface area contributed by atoms with E-state index in [1.165, 1.54) is 24.9 Å². The molecule has 1 fully saturated rings. The highest BCUT2D eigenvalue weighted by Crippen LogP contribution is 2.39. The van der Waals surface area contributed by atoms with Crippen LogP contribution in [0.15, 0.2) is 70.6 Å². The number of benzene rings is 3. The maximum Gasteiger partial charge on any atom is 0.318 e. The summed E-state index contributed by atoms with van der Waals surface area (Å²) in [5, 5.41) is 25.5. The van der Waals surface area contributed by atoms with Crippen LogP contribution >= 0.6 is 11.8 Å². The molecule has 0 bridgehead atoms. The van der Waals surface area contributed by atoms with Gasteiger partial charge in [0.2, 0.25) is 5.75 Å². The normalized spacial score (nSPS) is 14.8. The summed E-state index contributed by atoms with van der Waals surface area (Å²) in [6, 6.07) is 15.0. The van der Waals surface area contributed by atoms with Crippen LogP contribution in [0.2, 0.25) is 0 Å². The predicted molar refractivity (Wildman–Crippen MR) is 141 cm³/mol. The minimum absolute atomic E-state index is 0.146. The number of nitro groups is 2. The molecule has 194 valence electrons. The molecule has 0 aromatic heterocycles. The number of ether oxygens (including phenoxy) is 3. The number of carbonyl (C=O) groups is 1. The van der Waals surface area contributed by atoms with E-state index < -0.39 is 21.2 Å². The highest BCUT2D eigenvalue weighted by molar-refractivity contribution is 8.18. The smallest absolute Gasteiger partial charge is 0.318 e. The molecule has 38 heavy (non-hydrogen) atoms. The number of nitrogens with one attached hydrogen (secondary N) is 1. The molecule has 0 unspecified atom stereocenters. The molecule has 1 aliphatic heterocycles. The van der Waals surface area contributed by atoms with Gasteiger partial charge in [0, 0.05) is 6.07 Å². The Kier molecular flexibility index (Phi) is 7.87. The number of methoxy groups -OCH3 is 1. The Labute approximate surface area is 220 Å². The van der Waals surface area contributed by atoms with Crippen molar-refractivity contribution in [3.8, 4) is 23.0 Å². The maximum absolute atomic E-state index is 12.5. The number of hydrogen-bond acceptors (Lipinski definition) is 10. The summed E-state index contributed by atoms with van der Waals surface area (Å²) in [7, 11) is 1.39. The van der Waals surface area contributed by atoms with E-state index in [2.05, 4.69) is 10.3 Å². The fourth-order valence-corrected chi connectivity index (χ4v) is 4.20. The Morgan fingerprint density at radius 2 is 1.71 bits per heavy atom. The lowest BCUT2D eigenvalue weighted by Crippen LogP contribution is -2.19. The van der Waals surface area contributed by atoms with Gasteiger partial charge >= 0.3 is 5.69 Å². The van der Waals surface area contributed by atoms with Gasteiger partial charge in [-0.2, -0.15) is 0 Å². The molecule has 0 saturated carbocycles. The van der Waals surface area contributed by atoms with Gasteiger partial charge in [0.05, 0.1) is 40.2 Å². The van der Waals surface area contributed by atoms with Crippen molar-refractivity contribution < 1.29 is 28.9 Å². The second-order valence-electron chi connectivity index (χ2n) is 7.59. The standard InChI is InChI=1S/C25H20N4O8S/c1-3-36-18-8-5-16(6-9-18)26-25-27-24(30)23(38-25)13-15-4-10-21(22(12-15)35-2)37-20-11-7-17(28(31)32)14-19(20)29(33)34/h4-14H,3H2,1-2H3,(H,26,27,30)/b23-13+. The van der Waals surface area contributed by atoms with E-state index in [0.29, 0.717) is 27.9 Å². The molecule has 1 saturated heterocycles. The third-order valence-electron chi connectivity index (χ3n) is 5.08. The van der Waals surface area contributed by atoms with Crippen molar-refractivity contribution in [2.45, 2.75) is 6.92 Å². The number of thioether (sulfide) groups is 1. The number of amidine groups is 1. The Morgan fingerprint density at radius 1 is 0.974 bits per heavy atom. The summed E-state index contributed by atoms with van der Waals surface area (Å²) < 4.78 is 16.4. The first-order valence-electron chi connectivity index (χ1n) is 11.1. The number of nitro benzene ring substituents is 2. The van der Waals surface area contributed by atoms with Crippen LogP contribution in [-0.4, -0.2) is 34.6 Å². The van der Waals surface area contributed by atoms with Gasteiger partial charge in [-0.05, 0) is 72.8 Å². The first-order chi connectivity index (χ1) is 18.3. The maximum atomic E-state index is 12.5. The zero-order valence-corrected chi connectivity index (χ0v) is 20.9. The fraction of sp³-hybridized carbons (Fsp3) is 0.120. The third-order valence-corrected chi connectivity index (χ3v) is 5.99. The van der Waals surface area contributed by atoms with Crippen molar-refractivity contribution in [2.75, 3.05) is 13.7 Å². The summed E-state index contributed by atoms with van der Waals surface area (Å²) in [6.45, 7) is 2.46. The number of nitrogens with zero attached hydrogens (tertiary/aromatic N) is 3. The molecule has 3 aromatic carbocycles. The molecule has 1 aliphatic rings. The van der Waals surface area contributed by atoms with Gasteiger partial charge in [-0.1, -0.05) is 6.07 Å². The van der Waals surface area contributed by atoms with E-state index in [9.17, 15) is 25.0 Å². The van der Waals surface area contributed by atoms with Gasteiger partial charge in [0.25, 0.3) is 11.6 Å². The van der Waals surface area contributed by atoms with Crippen LogP contribution in [0, 0.1) is 20.2 Å². The van der Waals surface area contributed by atoms with Crippen LogP contribution in [-0.2, 0) is 4.79 Å². The number of rotatable bonds is 9. The van der Waals surface area contributed by atoms with Crippen molar-refractivity contribution in [3.63, 3.8) is 0 Å². The van der Waals surface area contributed by atoms with Crippen molar-refractivity contribution in [3.05, 3.63) is 91.4 Å². The second-order valence-corrected chi connectivity index (χ2v) is 8.62. The summed E-state index contributed by atoms with van der Waals surface area (Å²) in [5.41, 5.74) is 0.259. The van der Waals surface area contributed by atoms with E-state index >= 15 is 0 Å². The topological polar surface area (TPSA) is 155 Å². The lowest BCUT2D eigenvalue weighted by molar-refractivity contribution is -0.394. The third kappa shape index (κ3) is 6.07. The number of hydrogen-bond donors (Lipinski definition) is 1. The van der Waals surface area contributed by atoms with Crippen LogP contribution in [0.1, 0.15) is 12.5 Å². The predicted octanol–water partition coefficient (Wildman–Crippen LogP) is 5.59. The van der Waals surface area contributed by atoms with Crippen LogP contribution in [0.5, 0.6) is 23.0 Å². The summed E-state index contributed by atoms with van der Waals surface area (Å²) in [5.74, 6) is 0.600. The Balaban J connectivity index is 1.54. The molecular weight excluding hydrogens is 516 g/mol. The van der Waals surface area contributed by atoms with Gasteiger partial charge < -0.3 is 19.5 Å². The monoisotopic (exact) mass is 536 g/mol. The number of non-ortho nitro benzene ring substituents is 1. The van der Waals surface area contributed by atoms with E-state index in [-0.39, 0.29) is 23.2 Å². The van der Waals surface area contributed by atoms with Crippen molar-refractivity contribution in [2.24, 2.45) is 4.99 Å². The molecule has 1 N–H and O–H groups in total. The summed E-state index contributed by atoms with van der Waals surface area (Å²) >= 11 is 1.17. The Hall–Kier alpha value is -4.91. The van der Waals surface area contributed by atoms with E-state index in [0.717, 1.165) is 23.9 Å². The van der Waals surface area contributed by atoms with E-state index in [4.69, 9.17) is 14.2 Å². The van der Waals surface area contributed by atoms with Gasteiger partial charge in [0.1, 0.15) is 5.75 Å². The fourth-order valence-electron chi connectivity index (χ4n) is 3.36. The molecule has 0 aliphatic carbocycles. The van der Waals surface area contributed by atoms with Crippen LogP contribution in [0.3, 0.4) is 0 Å². The molecular formula is C25H20N4O8S. The van der Waals surface area contributed by atoms with Gasteiger partial charge in [-0.25, -0.2) is 4.99 Å². The lowest BCUT2D eigenvalue weighted by atomic mass is 10.2. The molecule has 12 nitrogen and oxygen atoms in total. The lowest BCUT2D eigenvalue weighted by Gasteiger charge is -2.11. The minimum Gasteiger partial charge on any atom is -0.494 e. The molecule has 1 amide bonds. The minimum atomic E-state index is -0.768. The Morgan fingerprint density at radius 3 is 2.37 bits per heavy atom. The summed E-state index contributed by atoms with van der Waals surface area (Å²) in [6.07, 6.45) is 1.64. The molecule has 0 spiro atoms. The van der Waals surface area contributed by atoms with E-state index in [1.807, 2.05) is 6.92 Å². The molecule has 3 aromatic rings. The average molecular weight is 537 g/mol. The van der Waals surface area contributed by atoms with Crippen LogP contribution < -0.4 is 19.5 Å². The first-order valence-corrected chi connectivity index (χ1v) is 11.9. The SMILES string of the molecule is CCOc1ccc(N=C2NC(=O)/C(=C\c3ccc(Oc4ccc([N+](=O)[O-])cc4[N+](=O)[O-])c(OC)c3)S2)cc1. The molecule has 1 heterocycles. The quantitative estimate of drug-likeness (QED) is 0.209. The first kappa shape index (κ1) is 26.2. The number of aliphatic imine (C=N–C) groups is 1. The molecule has 13 heteroatoms. The average Bonchev–Trinajstić information content (AvgIpc) is 3.24. The zero-order chi connectivity index (χ0) is 27.2. The Bertz CT molecular complexity index is 1470. The molecule has 0 radical (unpaired) electrons. The molecule has 0 atom stereocenters. The highest BCUT2D eigenvalue weighted by atomic mass is 32.2. The van der Waals surface area contributed by atoms with Gasteiger partial charge in [0.15, 0.2) is 16.7 Å². The van der Waals surface area contributed by atoms with Gasteiger partial charge in [-0.3, -0.25) is 25.0 Å². The number of carbonyl (C=O) groups excluding carboxylic acids is 1. The van der Waals surface area contributed by atoms with E-state index in [1.54, 1.807) is 42.5 Å². The summed E-state index contributed by atoms with van der Waals surface area (Å²) in [4.78, 5) is 38.2.